The topological polar surface area (TPSA) is 52.0 Å². The van der Waals surface area contributed by atoms with Crippen LogP contribution in [0.15, 0.2) is 36.9 Å². The normalized spacial score (nSPS) is 10.8. The zero-order valence-corrected chi connectivity index (χ0v) is 11.2. The third kappa shape index (κ3) is 4.46. The third-order valence-electron chi connectivity index (χ3n) is 2.96. The summed E-state index contributed by atoms with van der Waals surface area (Å²) in [6.07, 6.45) is 8.52. The van der Waals surface area contributed by atoms with Crippen molar-refractivity contribution in [1.82, 2.24) is 19.9 Å². The Bertz CT molecular complexity index is 469. The Morgan fingerprint density at radius 2 is 2.11 bits per heavy atom. The van der Waals surface area contributed by atoms with Crippen LogP contribution in [0.25, 0.3) is 0 Å². The molecule has 0 saturated carbocycles. The Morgan fingerprint density at radius 1 is 1.26 bits per heavy atom. The largest absolute Gasteiger partial charge is 0.383 e. The molecule has 0 aromatic carbocycles. The molecular formula is C14H20N4O. The molecule has 2 aromatic rings. The van der Waals surface area contributed by atoms with E-state index in [2.05, 4.69) is 19.9 Å². The molecule has 2 rings (SSSR count). The summed E-state index contributed by atoms with van der Waals surface area (Å²) in [6, 6.07) is 4.10. The minimum Gasteiger partial charge on any atom is -0.383 e. The van der Waals surface area contributed by atoms with E-state index in [1.54, 1.807) is 7.11 Å². The molecule has 0 aliphatic heterocycles. The summed E-state index contributed by atoms with van der Waals surface area (Å²) in [5, 5.41) is 3.31. The van der Waals surface area contributed by atoms with Gasteiger partial charge in [-0.3, -0.25) is 4.98 Å². The molecule has 0 saturated heterocycles. The number of rotatable bonds is 8. The van der Waals surface area contributed by atoms with Gasteiger partial charge in [0.15, 0.2) is 0 Å². The molecule has 19 heavy (non-hydrogen) atoms. The van der Waals surface area contributed by atoms with Crippen LogP contribution in [0, 0.1) is 0 Å². The van der Waals surface area contributed by atoms with Crippen LogP contribution in [-0.2, 0) is 24.2 Å². The van der Waals surface area contributed by atoms with Crippen molar-refractivity contribution in [1.29, 1.82) is 0 Å². The molecule has 0 aliphatic rings. The first kappa shape index (κ1) is 13.7. The van der Waals surface area contributed by atoms with E-state index in [4.69, 9.17) is 4.74 Å². The molecule has 0 bridgehead atoms. The molecule has 0 atom stereocenters. The Morgan fingerprint density at radius 3 is 2.89 bits per heavy atom. The van der Waals surface area contributed by atoms with E-state index >= 15 is 0 Å². The molecule has 5 heteroatoms. The van der Waals surface area contributed by atoms with E-state index in [0.29, 0.717) is 0 Å². The molecule has 102 valence electrons. The lowest BCUT2D eigenvalue weighted by Gasteiger charge is -2.08. The summed E-state index contributed by atoms with van der Waals surface area (Å²) in [5.41, 5.74) is 1.29. The summed E-state index contributed by atoms with van der Waals surface area (Å²) < 4.78 is 7.18. The van der Waals surface area contributed by atoms with Crippen LogP contribution in [0.5, 0.6) is 0 Å². The maximum Gasteiger partial charge on any atom is 0.122 e. The number of aryl methyl sites for hydroxylation is 2. The first-order chi connectivity index (χ1) is 9.40. The van der Waals surface area contributed by atoms with E-state index < -0.39 is 0 Å². The first-order valence-electron chi connectivity index (χ1n) is 6.48. The lowest BCUT2D eigenvalue weighted by Crippen LogP contribution is -2.21. The molecule has 2 heterocycles. The van der Waals surface area contributed by atoms with Crippen molar-refractivity contribution in [3.8, 4) is 0 Å². The molecule has 0 aliphatic carbocycles. The maximum atomic E-state index is 5.00. The van der Waals surface area contributed by atoms with Crippen molar-refractivity contribution < 1.29 is 4.74 Å². The number of methoxy groups -OCH3 is 1. The fourth-order valence-electron chi connectivity index (χ4n) is 1.88. The summed E-state index contributed by atoms with van der Waals surface area (Å²) in [4.78, 5) is 8.40. The van der Waals surface area contributed by atoms with Gasteiger partial charge in [0.25, 0.3) is 0 Å². The quantitative estimate of drug-likeness (QED) is 0.726. The number of hydrogen-bond donors (Lipinski definition) is 1. The molecule has 0 unspecified atom stereocenters. The molecule has 0 amide bonds. The van der Waals surface area contributed by atoms with Gasteiger partial charge in [-0.25, -0.2) is 4.98 Å². The number of ether oxygens (including phenoxy) is 1. The van der Waals surface area contributed by atoms with Crippen molar-refractivity contribution in [3.63, 3.8) is 0 Å². The second-order valence-corrected chi connectivity index (χ2v) is 4.31. The van der Waals surface area contributed by atoms with Gasteiger partial charge in [-0.1, -0.05) is 0 Å². The molecular weight excluding hydrogens is 240 g/mol. The Kier molecular flexibility index (Phi) is 5.52. The summed E-state index contributed by atoms with van der Waals surface area (Å²) in [5.74, 6) is 1.06. The zero-order chi connectivity index (χ0) is 13.3. The summed E-state index contributed by atoms with van der Waals surface area (Å²) in [6.45, 7) is 3.27. The van der Waals surface area contributed by atoms with Crippen LogP contribution in [0.3, 0.4) is 0 Å². The van der Waals surface area contributed by atoms with E-state index in [9.17, 15) is 0 Å². The van der Waals surface area contributed by atoms with Gasteiger partial charge >= 0.3 is 0 Å². The van der Waals surface area contributed by atoms with Gasteiger partial charge < -0.3 is 14.6 Å². The maximum absolute atomic E-state index is 5.00. The average Bonchev–Trinajstić information content (AvgIpc) is 2.90. The lowest BCUT2D eigenvalue weighted by atomic mass is 10.2. The van der Waals surface area contributed by atoms with Gasteiger partial charge in [0.05, 0.1) is 13.2 Å². The minimum absolute atomic E-state index is 0.720. The van der Waals surface area contributed by atoms with Gasteiger partial charge in [0, 0.05) is 45.0 Å². The average molecular weight is 260 g/mol. The van der Waals surface area contributed by atoms with Crippen molar-refractivity contribution in [2.75, 3.05) is 20.3 Å². The molecule has 1 N–H and O–H groups in total. The fourth-order valence-corrected chi connectivity index (χ4v) is 1.88. The second-order valence-electron chi connectivity index (χ2n) is 4.31. The van der Waals surface area contributed by atoms with Gasteiger partial charge in [0.1, 0.15) is 5.82 Å². The second kappa shape index (κ2) is 7.66. The first-order valence-corrected chi connectivity index (χ1v) is 6.48. The van der Waals surface area contributed by atoms with Crippen LogP contribution >= 0.6 is 0 Å². The van der Waals surface area contributed by atoms with E-state index in [1.165, 1.54) is 5.56 Å². The Hall–Kier alpha value is -1.72. The standard InChI is InChI=1S/C14H20N4O/c1-19-11-8-16-12-14-17-7-10-18(14)9-4-13-2-5-15-6-3-13/h2-3,5-7,10,16H,4,8-9,11-12H2,1H3. The van der Waals surface area contributed by atoms with Crippen molar-refractivity contribution in [2.45, 2.75) is 19.5 Å². The summed E-state index contributed by atoms with van der Waals surface area (Å²) in [7, 11) is 1.71. The van der Waals surface area contributed by atoms with Crippen LogP contribution in [0.1, 0.15) is 11.4 Å². The molecule has 0 fully saturated rings. The van der Waals surface area contributed by atoms with Crippen molar-refractivity contribution in [2.24, 2.45) is 0 Å². The highest BCUT2D eigenvalue weighted by atomic mass is 16.5. The highest BCUT2D eigenvalue weighted by molar-refractivity contribution is 5.09. The van der Waals surface area contributed by atoms with Gasteiger partial charge in [-0.2, -0.15) is 0 Å². The summed E-state index contributed by atoms with van der Waals surface area (Å²) >= 11 is 0. The SMILES string of the molecule is COCCNCc1nccn1CCc1ccncc1. The molecule has 0 spiro atoms. The minimum atomic E-state index is 0.720. The van der Waals surface area contributed by atoms with Crippen molar-refractivity contribution in [3.05, 3.63) is 48.3 Å². The van der Waals surface area contributed by atoms with Crippen LogP contribution in [-0.4, -0.2) is 34.8 Å². The van der Waals surface area contributed by atoms with E-state index in [1.807, 2.05) is 36.9 Å². The molecule has 2 aromatic heterocycles. The highest BCUT2D eigenvalue weighted by Crippen LogP contribution is 2.03. The van der Waals surface area contributed by atoms with Crippen LogP contribution < -0.4 is 5.32 Å². The fraction of sp³-hybridized carbons (Fsp3) is 0.429. The predicted octanol–water partition coefficient (Wildman–Crippen LogP) is 1.26. The van der Waals surface area contributed by atoms with Crippen LogP contribution in [0.4, 0.5) is 0 Å². The number of pyridine rings is 1. The van der Waals surface area contributed by atoms with E-state index in [0.717, 1.165) is 38.5 Å². The molecule has 0 radical (unpaired) electrons. The van der Waals surface area contributed by atoms with E-state index in [-0.39, 0.29) is 0 Å². The number of nitrogens with zero attached hydrogens (tertiary/aromatic N) is 3. The molecule has 5 nitrogen and oxygen atoms in total. The van der Waals surface area contributed by atoms with Crippen LogP contribution in [0.2, 0.25) is 0 Å². The zero-order valence-electron chi connectivity index (χ0n) is 11.2. The van der Waals surface area contributed by atoms with Crippen molar-refractivity contribution >= 4 is 0 Å². The number of imidazole rings is 1. The number of nitrogens with one attached hydrogen (secondary N) is 1. The van der Waals surface area contributed by atoms with Gasteiger partial charge in [0.2, 0.25) is 0 Å². The smallest absolute Gasteiger partial charge is 0.122 e. The third-order valence-corrected chi connectivity index (χ3v) is 2.96. The monoisotopic (exact) mass is 260 g/mol. The number of hydrogen-bond acceptors (Lipinski definition) is 4. The Labute approximate surface area is 113 Å². The van der Waals surface area contributed by atoms with Gasteiger partial charge in [-0.15, -0.1) is 0 Å². The van der Waals surface area contributed by atoms with Gasteiger partial charge in [-0.05, 0) is 24.1 Å². The predicted molar refractivity (Wildman–Crippen MR) is 73.8 cm³/mol. The Balaban J connectivity index is 1.82. The lowest BCUT2D eigenvalue weighted by molar-refractivity contribution is 0.199. The highest BCUT2D eigenvalue weighted by Gasteiger charge is 2.02. The number of aromatic nitrogens is 3.